The first-order chi connectivity index (χ1) is 7.25. The Morgan fingerprint density at radius 1 is 1.33 bits per heavy atom. The van der Waals surface area contributed by atoms with Crippen LogP contribution in [0.5, 0.6) is 5.75 Å². The van der Waals surface area contributed by atoms with Gasteiger partial charge in [0.25, 0.3) is 0 Å². The molecule has 3 heteroatoms. The summed E-state index contributed by atoms with van der Waals surface area (Å²) in [5.41, 5.74) is 0. The normalized spacial score (nSPS) is 19.1. The highest BCUT2D eigenvalue weighted by molar-refractivity contribution is 5.82. The molecule has 2 rings (SSSR count). The number of nitrogens with zero attached hydrogens (tertiary/aromatic N) is 1. The molecule has 1 aromatic carbocycles. The van der Waals surface area contributed by atoms with Crippen LogP contribution in [-0.2, 0) is 4.79 Å². The third-order valence-electron chi connectivity index (χ3n) is 2.62. The second-order valence-corrected chi connectivity index (χ2v) is 3.79. The van der Waals surface area contributed by atoms with Gasteiger partial charge in [-0.1, -0.05) is 18.2 Å². The Morgan fingerprint density at radius 2 is 2.07 bits per heavy atom. The maximum Gasteiger partial charge on any atom is 0.150 e. The van der Waals surface area contributed by atoms with Gasteiger partial charge in [-0.05, 0) is 19.1 Å². The smallest absolute Gasteiger partial charge is 0.150 e. The lowest BCUT2D eigenvalue weighted by Crippen LogP contribution is -2.35. The van der Waals surface area contributed by atoms with E-state index in [2.05, 4.69) is 4.90 Å². The van der Waals surface area contributed by atoms with Gasteiger partial charge in [0.2, 0.25) is 0 Å². The molecule has 80 valence electrons. The van der Waals surface area contributed by atoms with Crippen LogP contribution in [0.3, 0.4) is 0 Å². The number of likely N-dealkylation sites (tertiary alicyclic amines) is 1. The fourth-order valence-corrected chi connectivity index (χ4v) is 1.73. The van der Waals surface area contributed by atoms with Crippen molar-refractivity contribution < 1.29 is 9.53 Å². The monoisotopic (exact) mass is 205 g/mol. The molecule has 1 atom stereocenters. The van der Waals surface area contributed by atoms with E-state index in [1.165, 1.54) is 0 Å². The minimum Gasteiger partial charge on any atom is -0.475 e. The van der Waals surface area contributed by atoms with E-state index in [4.69, 9.17) is 4.74 Å². The highest BCUT2D eigenvalue weighted by Crippen LogP contribution is 2.15. The maximum atomic E-state index is 11.1. The number of benzene rings is 1. The summed E-state index contributed by atoms with van der Waals surface area (Å²) >= 11 is 0. The van der Waals surface area contributed by atoms with Crippen molar-refractivity contribution in [2.75, 3.05) is 13.1 Å². The lowest BCUT2D eigenvalue weighted by atomic mass is 10.3. The van der Waals surface area contributed by atoms with Crippen molar-refractivity contribution in [2.24, 2.45) is 0 Å². The summed E-state index contributed by atoms with van der Waals surface area (Å²) in [4.78, 5) is 13.2. The largest absolute Gasteiger partial charge is 0.475 e. The summed E-state index contributed by atoms with van der Waals surface area (Å²) in [6, 6.07) is 9.69. The first-order valence-corrected chi connectivity index (χ1v) is 5.23. The van der Waals surface area contributed by atoms with Crippen LogP contribution in [0.2, 0.25) is 0 Å². The zero-order valence-electron chi connectivity index (χ0n) is 8.85. The third kappa shape index (κ3) is 2.57. The lowest BCUT2D eigenvalue weighted by Gasteiger charge is -2.23. The molecular formula is C12H15NO2. The van der Waals surface area contributed by atoms with Gasteiger partial charge in [-0.15, -0.1) is 0 Å². The van der Waals surface area contributed by atoms with Gasteiger partial charge in [0.05, 0.1) is 6.54 Å². The molecular weight excluding hydrogens is 190 g/mol. The number of para-hydroxylation sites is 1. The van der Waals surface area contributed by atoms with Gasteiger partial charge in [-0.25, -0.2) is 0 Å². The van der Waals surface area contributed by atoms with Crippen LogP contribution in [-0.4, -0.2) is 30.0 Å². The maximum absolute atomic E-state index is 11.1. The molecule has 1 aliphatic rings. The van der Waals surface area contributed by atoms with Crippen LogP contribution in [0, 0.1) is 0 Å². The summed E-state index contributed by atoms with van der Waals surface area (Å²) in [7, 11) is 0. The number of ether oxygens (including phenoxy) is 1. The van der Waals surface area contributed by atoms with E-state index < -0.39 is 0 Å². The van der Waals surface area contributed by atoms with Gasteiger partial charge in [0.15, 0.2) is 0 Å². The molecule has 1 heterocycles. The fraction of sp³-hybridized carbons (Fsp3) is 0.417. The van der Waals surface area contributed by atoms with E-state index in [9.17, 15) is 4.79 Å². The summed E-state index contributed by atoms with van der Waals surface area (Å²) in [5.74, 6) is 1.16. The van der Waals surface area contributed by atoms with Crippen molar-refractivity contribution >= 4 is 5.78 Å². The van der Waals surface area contributed by atoms with Crippen molar-refractivity contribution in [1.82, 2.24) is 4.90 Å². The minimum atomic E-state index is -0.0288. The van der Waals surface area contributed by atoms with Crippen molar-refractivity contribution in [3.05, 3.63) is 30.3 Å². The molecule has 3 nitrogen and oxygen atoms in total. The summed E-state index contributed by atoms with van der Waals surface area (Å²) in [6.07, 6.45) is 0.626. The average molecular weight is 205 g/mol. The molecule has 0 saturated carbocycles. The Morgan fingerprint density at radius 3 is 2.67 bits per heavy atom. The van der Waals surface area contributed by atoms with E-state index in [1.807, 2.05) is 37.3 Å². The lowest BCUT2D eigenvalue weighted by molar-refractivity contribution is -0.117. The van der Waals surface area contributed by atoms with Crippen LogP contribution in [0.25, 0.3) is 0 Å². The Hall–Kier alpha value is -1.35. The number of rotatable bonds is 3. The Bertz CT molecular complexity index is 337. The molecule has 1 fully saturated rings. The van der Waals surface area contributed by atoms with Crippen LogP contribution in [0.4, 0.5) is 0 Å². The third-order valence-corrected chi connectivity index (χ3v) is 2.62. The van der Waals surface area contributed by atoms with E-state index in [0.717, 1.165) is 12.3 Å². The predicted molar refractivity (Wildman–Crippen MR) is 57.7 cm³/mol. The molecule has 0 amide bonds. The van der Waals surface area contributed by atoms with E-state index in [1.54, 1.807) is 0 Å². The standard InChI is InChI=1S/C12H15NO2/c1-10(13-8-7-11(14)9-13)15-12-5-3-2-4-6-12/h2-6,10H,7-9H2,1H3. The van der Waals surface area contributed by atoms with E-state index in [-0.39, 0.29) is 6.23 Å². The van der Waals surface area contributed by atoms with E-state index >= 15 is 0 Å². The van der Waals surface area contributed by atoms with Crippen molar-refractivity contribution in [3.63, 3.8) is 0 Å². The summed E-state index contributed by atoms with van der Waals surface area (Å²) < 4.78 is 5.72. The Balaban J connectivity index is 1.92. The van der Waals surface area contributed by atoms with Crippen LogP contribution < -0.4 is 4.74 Å². The van der Waals surface area contributed by atoms with Gasteiger partial charge in [0.1, 0.15) is 17.8 Å². The highest BCUT2D eigenvalue weighted by atomic mass is 16.5. The number of Topliss-reactive ketones (excluding diaryl/α,β-unsaturated/α-hetero) is 1. The SMILES string of the molecule is CC(Oc1ccccc1)N1CCC(=O)C1. The van der Waals surface area contributed by atoms with Crippen LogP contribution in [0.1, 0.15) is 13.3 Å². The fourth-order valence-electron chi connectivity index (χ4n) is 1.73. The number of hydrogen-bond donors (Lipinski definition) is 0. The molecule has 0 N–H and O–H groups in total. The van der Waals surface area contributed by atoms with Gasteiger partial charge < -0.3 is 4.74 Å². The van der Waals surface area contributed by atoms with Crippen molar-refractivity contribution in [1.29, 1.82) is 0 Å². The van der Waals surface area contributed by atoms with Crippen LogP contribution >= 0.6 is 0 Å². The van der Waals surface area contributed by atoms with Gasteiger partial charge >= 0.3 is 0 Å². The minimum absolute atomic E-state index is 0.0288. The van der Waals surface area contributed by atoms with Crippen molar-refractivity contribution in [3.8, 4) is 5.75 Å². The number of carbonyl (C=O) groups excluding carboxylic acids is 1. The number of carbonyl (C=O) groups is 1. The average Bonchev–Trinajstić information content (AvgIpc) is 2.66. The molecule has 1 unspecified atom stereocenters. The first kappa shape index (κ1) is 10.2. The predicted octanol–water partition coefficient (Wildman–Crippen LogP) is 1.69. The molecule has 0 aromatic heterocycles. The molecule has 0 aliphatic carbocycles. The van der Waals surface area contributed by atoms with Crippen LogP contribution in [0.15, 0.2) is 30.3 Å². The summed E-state index contributed by atoms with van der Waals surface area (Å²) in [6.45, 7) is 3.31. The quantitative estimate of drug-likeness (QED) is 0.752. The second-order valence-electron chi connectivity index (χ2n) is 3.79. The molecule has 1 aromatic rings. The van der Waals surface area contributed by atoms with Gasteiger partial charge in [-0.3, -0.25) is 9.69 Å². The molecule has 1 aliphatic heterocycles. The molecule has 1 saturated heterocycles. The Kier molecular flexibility index (Phi) is 3.02. The number of ketones is 1. The summed E-state index contributed by atoms with van der Waals surface area (Å²) in [5, 5.41) is 0. The topological polar surface area (TPSA) is 29.5 Å². The van der Waals surface area contributed by atoms with Gasteiger partial charge in [0, 0.05) is 13.0 Å². The highest BCUT2D eigenvalue weighted by Gasteiger charge is 2.24. The molecule has 0 bridgehead atoms. The Labute approximate surface area is 89.7 Å². The number of hydrogen-bond acceptors (Lipinski definition) is 3. The second kappa shape index (κ2) is 4.45. The first-order valence-electron chi connectivity index (χ1n) is 5.23. The zero-order valence-corrected chi connectivity index (χ0v) is 8.85. The zero-order chi connectivity index (χ0) is 10.7. The van der Waals surface area contributed by atoms with E-state index in [0.29, 0.717) is 18.7 Å². The molecule has 0 spiro atoms. The molecule has 0 radical (unpaired) electrons. The molecule has 15 heavy (non-hydrogen) atoms. The van der Waals surface area contributed by atoms with Crippen molar-refractivity contribution in [2.45, 2.75) is 19.6 Å². The van der Waals surface area contributed by atoms with Gasteiger partial charge in [-0.2, -0.15) is 0 Å².